The Labute approximate surface area is 132 Å². The predicted molar refractivity (Wildman–Crippen MR) is 92.9 cm³/mol. The summed E-state index contributed by atoms with van der Waals surface area (Å²) < 4.78 is 0. The predicted octanol–water partition coefficient (Wildman–Crippen LogP) is 4.45. The van der Waals surface area contributed by atoms with Gasteiger partial charge in [-0.1, -0.05) is 43.7 Å². The monoisotopic (exact) mass is 296 g/mol. The first-order valence-corrected chi connectivity index (χ1v) is 7.75. The highest BCUT2D eigenvalue weighted by atomic mass is 15.0. The van der Waals surface area contributed by atoms with Gasteiger partial charge in [-0.15, -0.1) is 0 Å². The average molecular weight is 296 g/mol. The minimum absolute atomic E-state index is 0.448. The van der Waals surface area contributed by atoms with Crippen molar-refractivity contribution < 1.29 is 0 Å². The van der Waals surface area contributed by atoms with Crippen LogP contribution in [0.4, 0.5) is 11.5 Å². The molecule has 4 heteroatoms. The van der Waals surface area contributed by atoms with E-state index in [1.54, 1.807) is 6.33 Å². The smallest absolute Gasteiger partial charge is 0.155 e. The Balaban J connectivity index is 2.16. The van der Waals surface area contributed by atoms with Gasteiger partial charge in [0.15, 0.2) is 5.82 Å². The normalized spacial score (nSPS) is 12.5. The van der Waals surface area contributed by atoms with Crippen molar-refractivity contribution >= 4 is 17.7 Å². The molecule has 1 atom stereocenters. The molecule has 0 saturated heterocycles. The molecule has 1 aromatic carbocycles. The quantitative estimate of drug-likeness (QED) is 0.801. The van der Waals surface area contributed by atoms with Gasteiger partial charge in [0.2, 0.25) is 0 Å². The van der Waals surface area contributed by atoms with Crippen LogP contribution >= 0.6 is 0 Å². The van der Waals surface area contributed by atoms with E-state index in [9.17, 15) is 0 Å². The number of anilines is 1. The second-order valence-corrected chi connectivity index (χ2v) is 5.66. The maximum atomic E-state index is 4.59. The van der Waals surface area contributed by atoms with Gasteiger partial charge in [-0.3, -0.25) is 4.99 Å². The van der Waals surface area contributed by atoms with Crippen LogP contribution in [0.5, 0.6) is 0 Å². The summed E-state index contributed by atoms with van der Waals surface area (Å²) in [6, 6.07) is 8.44. The van der Waals surface area contributed by atoms with Gasteiger partial charge >= 0.3 is 0 Å². The van der Waals surface area contributed by atoms with E-state index in [1.807, 2.05) is 13.1 Å². The fourth-order valence-corrected chi connectivity index (χ4v) is 2.07. The van der Waals surface area contributed by atoms with Crippen LogP contribution in [0.1, 0.15) is 37.1 Å². The van der Waals surface area contributed by atoms with Crippen LogP contribution in [0.3, 0.4) is 0 Å². The van der Waals surface area contributed by atoms with E-state index in [-0.39, 0.29) is 0 Å². The number of nitrogens with one attached hydrogen (secondary N) is 1. The van der Waals surface area contributed by atoms with Gasteiger partial charge in [0, 0.05) is 12.8 Å². The molecule has 0 saturated carbocycles. The number of nitrogens with zero attached hydrogens (tertiary/aromatic N) is 3. The maximum absolute atomic E-state index is 4.59. The highest BCUT2D eigenvalue weighted by Gasteiger charge is 2.07. The van der Waals surface area contributed by atoms with E-state index in [2.05, 4.69) is 65.3 Å². The van der Waals surface area contributed by atoms with Gasteiger partial charge < -0.3 is 5.32 Å². The van der Waals surface area contributed by atoms with Gasteiger partial charge in [-0.25, -0.2) is 9.97 Å². The third-order valence-corrected chi connectivity index (χ3v) is 3.65. The van der Waals surface area contributed by atoms with Crippen molar-refractivity contribution in [2.45, 2.75) is 40.7 Å². The van der Waals surface area contributed by atoms with Crippen molar-refractivity contribution in [2.75, 3.05) is 5.32 Å². The third-order valence-electron chi connectivity index (χ3n) is 3.65. The molecule has 0 aliphatic heterocycles. The van der Waals surface area contributed by atoms with Crippen LogP contribution < -0.4 is 5.32 Å². The van der Waals surface area contributed by atoms with Crippen molar-refractivity contribution in [3.8, 4) is 0 Å². The van der Waals surface area contributed by atoms with E-state index >= 15 is 0 Å². The van der Waals surface area contributed by atoms with E-state index < -0.39 is 0 Å². The summed E-state index contributed by atoms with van der Waals surface area (Å²) in [5.74, 6) is 1.23. The number of hydrogen-bond acceptors (Lipinski definition) is 4. The average Bonchev–Trinajstić information content (AvgIpc) is 2.51. The molecule has 1 heterocycles. The molecule has 0 aliphatic rings. The molecule has 0 bridgehead atoms. The van der Waals surface area contributed by atoms with E-state index in [0.717, 1.165) is 30.2 Å². The number of aliphatic imine (C=N–C) groups is 1. The number of aromatic nitrogens is 2. The number of aryl methyl sites for hydroxylation is 2. The second kappa shape index (κ2) is 7.69. The molecule has 0 fully saturated rings. The van der Waals surface area contributed by atoms with Gasteiger partial charge in [0.1, 0.15) is 12.0 Å². The van der Waals surface area contributed by atoms with Crippen molar-refractivity contribution in [1.29, 1.82) is 0 Å². The summed E-state index contributed by atoms with van der Waals surface area (Å²) in [7, 11) is 0. The van der Waals surface area contributed by atoms with Crippen LogP contribution in [0.25, 0.3) is 0 Å². The molecule has 4 nitrogen and oxygen atoms in total. The summed E-state index contributed by atoms with van der Waals surface area (Å²) in [5, 5.41) is 3.37. The summed E-state index contributed by atoms with van der Waals surface area (Å²) in [6.45, 7) is 9.09. The number of benzene rings is 1. The molecule has 0 amide bonds. The van der Waals surface area contributed by atoms with Gasteiger partial charge in [-0.05, 0) is 31.7 Å². The SMILES string of the molecule is CCC(C)C=Nc1c(C)ncnc1NCc1cccc(C)c1. The first kappa shape index (κ1) is 16.1. The lowest BCUT2D eigenvalue weighted by Crippen LogP contribution is -2.03. The van der Waals surface area contributed by atoms with Crippen LogP contribution in [0.15, 0.2) is 35.6 Å². The molecule has 0 spiro atoms. The zero-order chi connectivity index (χ0) is 15.9. The Morgan fingerprint density at radius 2 is 2.09 bits per heavy atom. The van der Waals surface area contributed by atoms with Crippen LogP contribution in [-0.4, -0.2) is 16.2 Å². The molecule has 2 aromatic rings. The van der Waals surface area contributed by atoms with E-state index in [1.165, 1.54) is 11.1 Å². The Morgan fingerprint density at radius 1 is 1.27 bits per heavy atom. The zero-order valence-electron chi connectivity index (χ0n) is 13.8. The minimum Gasteiger partial charge on any atom is -0.364 e. The standard InChI is InChI=1S/C18H24N4/c1-5-13(2)10-19-17-15(4)21-12-22-18(17)20-11-16-8-6-7-14(3)9-16/h6-10,12-13H,5,11H2,1-4H3,(H,20,21,22). The Morgan fingerprint density at radius 3 is 2.82 bits per heavy atom. The first-order chi connectivity index (χ1) is 10.6. The Hall–Kier alpha value is -2.23. The lowest BCUT2D eigenvalue weighted by atomic mass is 10.1. The summed E-state index contributed by atoms with van der Waals surface area (Å²) in [6.07, 6.45) is 4.63. The summed E-state index contributed by atoms with van der Waals surface area (Å²) in [5.41, 5.74) is 4.21. The molecule has 116 valence electrons. The largest absolute Gasteiger partial charge is 0.364 e. The molecule has 1 N–H and O–H groups in total. The molecular formula is C18H24N4. The Bertz CT molecular complexity index is 649. The zero-order valence-corrected chi connectivity index (χ0v) is 13.8. The van der Waals surface area contributed by atoms with Gasteiger partial charge in [0.25, 0.3) is 0 Å². The van der Waals surface area contributed by atoms with Gasteiger partial charge in [0.05, 0.1) is 5.69 Å². The van der Waals surface area contributed by atoms with Crippen molar-refractivity contribution in [2.24, 2.45) is 10.9 Å². The molecule has 1 unspecified atom stereocenters. The second-order valence-electron chi connectivity index (χ2n) is 5.66. The number of hydrogen-bond donors (Lipinski definition) is 1. The van der Waals surface area contributed by atoms with Crippen LogP contribution in [-0.2, 0) is 6.54 Å². The van der Waals surface area contributed by atoms with E-state index in [4.69, 9.17) is 0 Å². The van der Waals surface area contributed by atoms with Crippen molar-refractivity contribution in [3.63, 3.8) is 0 Å². The molecule has 0 radical (unpaired) electrons. The van der Waals surface area contributed by atoms with Crippen molar-refractivity contribution in [3.05, 3.63) is 47.4 Å². The lowest BCUT2D eigenvalue weighted by molar-refractivity contribution is 0.754. The first-order valence-electron chi connectivity index (χ1n) is 7.75. The molecule has 22 heavy (non-hydrogen) atoms. The van der Waals surface area contributed by atoms with Gasteiger partial charge in [-0.2, -0.15) is 0 Å². The number of rotatable bonds is 6. The lowest BCUT2D eigenvalue weighted by Gasteiger charge is -2.10. The summed E-state index contributed by atoms with van der Waals surface area (Å²) in [4.78, 5) is 13.2. The van der Waals surface area contributed by atoms with Crippen LogP contribution in [0, 0.1) is 19.8 Å². The highest BCUT2D eigenvalue weighted by molar-refractivity contribution is 5.72. The topological polar surface area (TPSA) is 50.2 Å². The minimum atomic E-state index is 0.448. The molecule has 0 aliphatic carbocycles. The maximum Gasteiger partial charge on any atom is 0.155 e. The fraction of sp³-hybridized carbons (Fsp3) is 0.389. The summed E-state index contributed by atoms with van der Waals surface area (Å²) >= 11 is 0. The molecule has 1 aromatic heterocycles. The fourth-order valence-electron chi connectivity index (χ4n) is 2.07. The molecule has 2 rings (SSSR count). The highest BCUT2D eigenvalue weighted by Crippen LogP contribution is 2.25. The van der Waals surface area contributed by atoms with Crippen molar-refractivity contribution in [1.82, 2.24) is 9.97 Å². The van der Waals surface area contributed by atoms with E-state index in [0.29, 0.717) is 5.92 Å². The molecular weight excluding hydrogens is 272 g/mol. The Kier molecular flexibility index (Phi) is 5.64. The van der Waals surface area contributed by atoms with Crippen LogP contribution in [0.2, 0.25) is 0 Å². The third kappa shape index (κ3) is 4.38.